The van der Waals surface area contributed by atoms with Gasteiger partial charge in [0.1, 0.15) is 11.9 Å². The maximum absolute atomic E-state index is 12.4. The van der Waals surface area contributed by atoms with Gasteiger partial charge in [0.2, 0.25) is 12.7 Å². The molecule has 0 bridgehead atoms. The molecule has 0 N–H and O–H groups in total. The van der Waals surface area contributed by atoms with Gasteiger partial charge in [-0.05, 0) is 31.4 Å². The number of anilines is 1. The first-order valence-electron chi connectivity index (χ1n) is 9.41. The van der Waals surface area contributed by atoms with E-state index in [1.807, 2.05) is 23.1 Å². The Morgan fingerprint density at radius 3 is 2.70 bits per heavy atom. The van der Waals surface area contributed by atoms with Crippen molar-refractivity contribution in [2.75, 3.05) is 37.9 Å². The summed E-state index contributed by atoms with van der Waals surface area (Å²) >= 11 is 0. The lowest BCUT2D eigenvalue weighted by Gasteiger charge is -2.24. The van der Waals surface area contributed by atoms with Crippen LogP contribution in [-0.2, 0) is 4.79 Å². The van der Waals surface area contributed by atoms with Crippen LogP contribution in [0.3, 0.4) is 0 Å². The lowest BCUT2D eigenvalue weighted by molar-refractivity contribution is -0.132. The molecule has 138 valence electrons. The monoisotopic (exact) mass is 364 g/mol. The number of benzene rings is 1. The van der Waals surface area contributed by atoms with E-state index >= 15 is 0 Å². The van der Waals surface area contributed by atoms with Crippen molar-refractivity contribution in [3.05, 3.63) is 23.8 Å². The minimum Gasteiger partial charge on any atom is -0.454 e. The number of amides is 1. The highest BCUT2D eigenvalue weighted by Gasteiger charge is 2.34. The van der Waals surface area contributed by atoms with E-state index in [2.05, 4.69) is 11.0 Å². The number of fused-ring (bicyclic) bond motifs is 2. The molecule has 2 aromatic rings. The molecule has 5 rings (SSSR count). The van der Waals surface area contributed by atoms with Crippen molar-refractivity contribution < 1.29 is 14.3 Å². The molecule has 0 unspecified atom stereocenters. The summed E-state index contributed by atoms with van der Waals surface area (Å²) in [5.74, 6) is 2.59. The molecule has 27 heavy (non-hydrogen) atoms. The summed E-state index contributed by atoms with van der Waals surface area (Å²) in [5.41, 5.74) is 1.33. The quantitative estimate of drug-likeness (QED) is 0.813. The van der Waals surface area contributed by atoms with E-state index < -0.39 is 0 Å². The number of carbonyl (C=O) groups is 1. The Hall–Kier alpha value is -3.01. The van der Waals surface area contributed by atoms with Crippen molar-refractivity contribution in [2.45, 2.75) is 19.3 Å². The van der Waals surface area contributed by atoms with Crippen LogP contribution in [0.25, 0.3) is 10.9 Å². The number of carbonyl (C=O) groups excluding carboxylic acids is 1. The van der Waals surface area contributed by atoms with Gasteiger partial charge >= 0.3 is 0 Å². The number of hydrogen-bond acceptors (Lipinski definition) is 6. The summed E-state index contributed by atoms with van der Waals surface area (Å²) in [6.45, 7) is 3.14. The molecule has 2 fully saturated rings. The summed E-state index contributed by atoms with van der Waals surface area (Å²) in [6, 6.07) is 7.87. The summed E-state index contributed by atoms with van der Waals surface area (Å²) in [6.07, 6.45) is 2.93. The van der Waals surface area contributed by atoms with Crippen molar-refractivity contribution in [2.24, 2.45) is 5.92 Å². The van der Waals surface area contributed by atoms with Gasteiger partial charge < -0.3 is 19.3 Å². The highest BCUT2D eigenvalue weighted by molar-refractivity contribution is 5.86. The molecular weight excluding hydrogens is 344 g/mol. The summed E-state index contributed by atoms with van der Waals surface area (Å²) in [7, 11) is 0. The van der Waals surface area contributed by atoms with Crippen LogP contribution in [-0.4, -0.2) is 48.8 Å². The third kappa shape index (κ3) is 2.91. The van der Waals surface area contributed by atoms with Gasteiger partial charge in [-0.2, -0.15) is 5.26 Å². The second-order valence-corrected chi connectivity index (χ2v) is 7.31. The van der Waals surface area contributed by atoms with E-state index in [4.69, 9.17) is 14.5 Å². The van der Waals surface area contributed by atoms with E-state index in [-0.39, 0.29) is 18.6 Å². The van der Waals surface area contributed by atoms with Gasteiger partial charge in [-0.1, -0.05) is 0 Å². The topological polar surface area (TPSA) is 78.7 Å². The Morgan fingerprint density at radius 2 is 1.93 bits per heavy atom. The van der Waals surface area contributed by atoms with Gasteiger partial charge in [0.15, 0.2) is 11.5 Å². The van der Waals surface area contributed by atoms with Crippen molar-refractivity contribution in [3.8, 4) is 17.6 Å². The summed E-state index contributed by atoms with van der Waals surface area (Å²) < 4.78 is 10.9. The largest absolute Gasteiger partial charge is 0.454 e. The normalized spacial score (nSPS) is 19.1. The first kappa shape index (κ1) is 16.2. The number of pyridine rings is 1. The molecular formula is C20H20N4O3. The minimum absolute atomic E-state index is 0.209. The molecule has 0 atom stereocenters. The summed E-state index contributed by atoms with van der Waals surface area (Å²) in [5, 5.41) is 10.5. The zero-order valence-corrected chi connectivity index (χ0v) is 15.0. The number of nitrogens with zero attached hydrogens (tertiary/aromatic N) is 4. The summed E-state index contributed by atoms with van der Waals surface area (Å²) in [4.78, 5) is 21.2. The van der Waals surface area contributed by atoms with Crippen LogP contribution in [0.1, 0.15) is 24.8 Å². The highest BCUT2D eigenvalue weighted by Crippen LogP contribution is 2.37. The lowest BCUT2D eigenvalue weighted by Crippen LogP contribution is -2.36. The lowest BCUT2D eigenvalue weighted by atomic mass is 10.1. The van der Waals surface area contributed by atoms with E-state index in [0.29, 0.717) is 36.0 Å². The molecule has 0 spiro atoms. The number of aromatic nitrogens is 1. The number of hydrogen-bond donors (Lipinski definition) is 0. The zero-order chi connectivity index (χ0) is 18.4. The average Bonchev–Trinajstić information content (AvgIpc) is 3.48. The van der Waals surface area contributed by atoms with Crippen molar-refractivity contribution in [3.63, 3.8) is 0 Å². The Kier molecular flexibility index (Phi) is 3.78. The van der Waals surface area contributed by atoms with Crippen LogP contribution < -0.4 is 14.4 Å². The standard InChI is InChI=1S/C20H20N4O3/c21-11-15-8-14-9-17-18(27-12-26-17)10-16(14)22-19(15)23-4-1-5-24(7-6-23)20(25)13-2-3-13/h8-10,13H,1-7,12H2. The fourth-order valence-electron chi connectivity index (χ4n) is 3.82. The molecule has 2 aliphatic heterocycles. The second-order valence-electron chi connectivity index (χ2n) is 7.31. The molecule has 1 saturated heterocycles. The van der Waals surface area contributed by atoms with Crippen molar-refractivity contribution >= 4 is 22.6 Å². The molecule has 3 heterocycles. The fraction of sp³-hybridized carbons (Fsp3) is 0.450. The third-order valence-corrected chi connectivity index (χ3v) is 5.44. The fourth-order valence-corrected chi connectivity index (χ4v) is 3.82. The van der Waals surface area contributed by atoms with Crippen LogP contribution in [0.5, 0.6) is 11.5 Å². The van der Waals surface area contributed by atoms with Gasteiger partial charge in [-0.25, -0.2) is 4.98 Å². The molecule has 7 nitrogen and oxygen atoms in total. The Morgan fingerprint density at radius 1 is 1.11 bits per heavy atom. The van der Waals surface area contributed by atoms with Gasteiger partial charge in [0, 0.05) is 43.5 Å². The molecule has 7 heteroatoms. The molecule has 1 aromatic carbocycles. The second kappa shape index (κ2) is 6.31. The molecule has 1 saturated carbocycles. The first-order valence-corrected chi connectivity index (χ1v) is 9.41. The highest BCUT2D eigenvalue weighted by atomic mass is 16.7. The average molecular weight is 364 g/mol. The van der Waals surface area contributed by atoms with Crippen molar-refractivity contribution in [1.29, 1.82) is 5.26 Å². The number of ether oxygens (including phenoxy) is 2. The Bertz CT molecular complexity index is 964. The maximum atomic E-state index is 12.4. The van der Waals surface area contributed by atoms with E-state index in [1.54, 1.807) is 0 Å². The van der Waals surface area contributed by atoms with Gasteiger partial charge in [0.25, 0.3) is 0 Å². The third-order valence-electron chi connectivity index (χ3n) is 5.44. The minimum atomic E-state index is 0.209. The Balaban J connectivity index is 1.45. The molecule has 1 aromatic heterocycles. The van der Waals surface area contributed by atoms with Crippen LogP contribution in [0.2, 0.25) is 0 Å². The van der Waals surface area contributed by atoms with Crippen LogP contribution in [0.15, 0.2) is 18.2 Å². The van der Waals surface area contributed by atoms with E-state index in [0.717, 1.165) is 43.3 Å². The smallest absolute Gasteiger partial charge is 0.231 e. The molecule has 1 amide bonds. The van der Waals surface area contributed by atoms with E-state index in [1.165, 1.54) is 0 Å². The van der Waals surface area contributed by atoms with Gasteiger partial charge in [-0.15, -0.1) is 0 Å². The SMILES string of the molecule is N#Cc1cc2cc3c(cc2nc1N1CCCN(C(=O)C2CC2)CC1)OCO3. The predicted molar refractivity (Wildman–Crippen MR) is 98.7 cm³/mol. The first-order chi connectivity index (χ1) is 13.2. The number of rotatable bonds is 2. The van der Waals surface area contributed by atoms with Crippen LogP contribution in [0.4, 0.5) is 5.82 Å². The van der Waals surface area contributed by atoms with Crippen LogP contribution in [0, 0.1) is 17.2 Å². The van der Waals surface area contributed by atoms with Crippen LogP contribution >= 0.6 is 0 Å². The molecule has 3 aliphatic rings. The Labute approximate surface area is 157 Å². The molecule has 1 aliphatic carbocycles. The van der Waals surface area contributed by atoms with E-state index in [9.17, 15) is 10.1 Å². The number of nitriles is 1. The molecule has 0 radical (unpaired) electrons. The van der Waals surface area contributed by atoms with Gasteiger partial charge in [0.05, 0.1) is 11.1 Å². The van der Waals surface area contributed by atoms with Gasteiger partial charge in [-0.3, -0.25) is 4.79 Å². The maximum Gasteiger partial charge on any atom is 0.231 e. The predicted octanol–water partition coefficient (Wildman–Crippen LogP) is 2.28. The van der Waals surface area contributed by atoms with Crippen molar-refractivity contribution in [1.82, 2.24) is 9.88 Å². The zero-order valence-electron chi connectivity index (χ0n) is 15.0.